The first-order valence-corrected chi connectivity index (χ1v) is 5.37. The second kappa shape index (κ2) is 6.56. The highest BCUT2D eigenvalue weighted by Crippen LogP contribution is 2.12. The van der Waals surface area contributed by atoms with Gasteiger partial charge in [0, 0.05) is 12.8 Å². The minimum absolute atomic E-state index is 0.238. The van der Waals surface area contributed by atoms with Crippen molar-refractivity contribution in [3.8, 4) is 0 Å². The van der Waals surface area contributed by atoms with Gasteiger partial charge in [0.1, 0.15) is 5.78 Å². The highest BCUT2D eigenvalue weighted by atomic mass is 16.4. The van der Waals surface area contributed by atoms with Crippen molar-refractivity contribution in [2.75, 3.05) is 0 Å². The van der Waals surface area contributed by atoms with E-state index in [4.69, 9.17) is 10.2 Å². The quantitative estimate of drug-likeness (QED) is 0.737. The van der Waals surface area contributed by atoms with Crippen LogP contribution in [0.1, 0.15) is 52.4 Å². The highest BCUT2D eigenvalue weighted by Gasteiger charge is 2.26. The molecule has 0 radical (unpaired) electrons. The first-order chi connectivity index (χ1) is 6.90. The average molecular weight is 216 g/mol. The number of ketones is 1. The summed E-state index contributed by atoms with van der Waals surface area (Å²) in [7, 11) is 0. The van der Waals surface area contributed by atoms with E-state index in [9.17, 15) is 9.59 Å². The molecule has 0 amide bonds. The Kier molecular flexibility index (Phi) is 6.17. The summed E-state index contributed by atoms with van der Waals surface area (Å²) in [6.45, 7) is 2.89. The molecule has 2 N–H and O–H groups in total. The molecule has 15 heavy (non-hydrogen) atoms. The number of carboxylic acids is 1. The third kappa shape index (κ3) is 6.23. The van der Waals surface area contributed by atoms with Gasteiger partial charge in [0.25, 0.3) is 0 Å². The van der Waals surface area contributed by atoms with E-state index in [1.54, 1.807) is 6.92 Å². The second-order valence-corrected chi connectivity index (χ2v) is 4.03. The Morgan fingerprint density at radius 2 is 1.80 bits per heavy atom. The lowest BCUT2D eigenvalue weighted by atomic mass is 10.00. The molecule has 1 saturated carbocycles. The maximum atomic E-state index is 10.5. The molecule has 0 saturated heterocycles. The Morgan fingerprint density at radius 3 is 1.93 bits per heavy atom. The monoisotopic (exact) mass is 216 g/mol. The van der Waals surface area contributed by atoms with Gasteiger partial charge >= 0.3 is 5.97 Å². The van der Waals surface area contributed by atoms with Crippen LogP contribution >= 0.6 is 0 Å². The molecular weight excluding hydrogens is 196 g/mol. The highest BCUT2D eigenvalue weighted by molar-refractivity contribution is 5.78. The largest absolute Gasteiger partial charge is 0.479 e. The van der Waals surface area contributed by atoms with Crippen LogP contribution in [0.4, 0.5) is 0 Å². The van der Waals surface area contributed by atoms with Crippen molar-refractivity contribution in [1.82, 2.24) is 0 Å². The van der Waals surface area contributed by atoms with Crippen LogP contribution in [0.25, 0.3) is 0 Å². The maximum Gasteiger partial charge on any atom is 0.335 e. The van der Waals surface area contributed by atoms with E-state index in [-0.39, 0.29) is 6.42 Å². The summed E-state index contributed by atoms with van der Waals surface area (Å²) in [5.41, 5.74) is -1.54. The molecule has 0 aromatic heterocycles. The topological polar surface area (TPSA) is 74.6 Å². The van der Waals surface area contributed by atoms with E-state index >= 15 is 0 Å². The number of carbonyl (C=O) groups excluding carboxylic acids is 1. The van der Waals surface area contributed by atoms with Crippen molar-refractivity contribution in [2.45, 2.75) is 58.0 Å². The normalized spacial score (nSPS) is 19.8. The van der Waals surface area contributed by atoms with Gasteiger partial charge in [0.05, 0.1) is 0 Å². The zero-order valence-electron chi connectivity index (χ0n) is 9.45. The molecule has 4 heteroatoms. The number of hydrogen-bond acceptors (Lipinski definition) is 3. The first kappa shape index (κ1) is 14.1. The Hall–Kier alpha value is -0.900. The lowest BCUT2D eigenvalue weighted by Crippen LogP contribution is -2.33. The van der Waals surface area contributed by atoms with Gasteiger partial charge in [-0.25, -0.2) is 4.79 Å². The molecule has 1 aliphatic rings. The number of rotatable bonds is 2. The minimum atomic E-state index is -1.54. The van der Waals surface area contributed by atoms with Crippen LogP contribution in [-0.4, -0.2) is 27.6 Å². The summed E-state index contributed by atoms with van der Waals surface area (Å²) >= 11 is 0. The van der Waals surface area contributed by atoms with Crippen LogP contribution < -0.4 is 0 Å². The van der Waals surface area contributed by atoms with Gasteiger partial charge in [-0.2, -0.15) is 0 Å². The third-order valence-electron chi connectivity index (χ3n) is 2.56. The van der Waals surface area contributed by atoms with Crippen LogP contribution in [0.3, 0.4) is 0 Å². The zero-order valence-corrected chi connectivity index (χ0v) is 9.45. The first-order valence-electron chi connectivity index (χ1n) is 5.37. The number of Topliss-reactive ketones (excluding diaryl/α,β-unsaturated/α-hetero) is 1. The van der Waals surface area contributed by atoms with Crippen molar-refractivity contribution in [1.29, 1.82) is 0 Å². The number of aliphatic hydroxyl groups is 1. The fraction of sp³-hybridized carbons (Fsp3) is 0.818. The minimum Gasteiger partial charge on any atom is -0.479 e. The molecule has 4 nitrogen and oxygen atoms in total. The van der Waals surface area contributed by atoms with E-state index < -0.39 is 11.6 Å². The summed E-state index contributed by atoms with van der Waals surface area (Å²) in [6, 6.07) is 0. The van der Waals surface area contributed by atoms with E-state index in [0.29, 0.717) is 5.78 Å². The van der Waals surface area contributed by atoms with Crippen LogP contribution in [0.5, 0.6) is 0 Å². The Bertz CT molecular complexity index is 213. The smallest absolute Gasteiger partial charge is 0.335 e. The molecule has 1 atom stereocenters. The molecule has 0 heterocycles. The molecule has 0 aliphatic heterocycles. The Labute approximate surface area is 90.3 Å². The molecule has 1 aliphatic carbocycles. The van der Waals surface area contributed by atoms with Crippen molar-refractivity contribution in [3.63, 3.8) is 0 Å². The lowest BCUT2D eigenvalue weighted by molar-refractivity contribution is -0.156. The van der Waals surface area contributed by atoms with Gasteiger partial charge in [0.2, 0.25) is 0 Å². The van der Waals surface area contributed by atoms with Crippen molar-refractivity contribution < 1.29 is 19.8 Å². The van der Waals surface area contributed by atoms with Gasteiger partial charge in [-0.15, -0.1) is 0 Å². The van der Waals surface area contributed by atoms with Gasteiger partial charge in [-0.1, -0.05) is 13.3 Å². The summed E-state index contributed by atoms with van der Waals surface area (Å²) < 4.78 is 0. The number of aliphatic carboxylic acids is 1. The summed E-state index contributed by atoms with van der Waals surface area (Å²) in [5.74, 6) is -0.703. The van der Waals surface area contributed by atoms with Gasteiger partial charge in [0.15, 0.2) is 5.60 Å². The van der Waals surface area contributed by atoms with E-state index in [2.05, 4.69) is 0 Å². The van der Waals surface area contributed by atoms with E-state index in [1.807, 2.05) is 0 Å². The summed E-state index contributed by atoms with van der Waals surface area (Å²) in [4.78, 5) is 20.5. The van der Waals surface area contributed by atoms with E-state index in [0.717, 1.165) is 25.7 Å². The molecule has 1 unspecified atom stereocenters. The molecule has 0 aromatic rings. The number of hydrogen-bond donors (Lipinski definition) is 2. The molecule has 0 spiro atoms. The molecule has 88 valence electrons. The Balaban J connectivity index is 0.000000262. The van der Waals surface area contributed by atoms with Gasteiger partial charge < -0.3 is 10.2 Å². The average Bonchev–Trinajstić information content (AvgIpc) is 2.19. The predicted molar refractivity (Wildman–Crippen MR) is 56.6 cm³/mol. The summed E-state index contributed by atoms with van der Waals surface area (Å²) in [6.07, 6.45) is 5.48. The predicted octanol–water partition coefficient (Wildman–Crippen LogP) is 1.75. The zero-order chi connectivity index (χ0) is 11.9. The number of carboxylic acid groups (broad SMARTS) is 1. The molecule has 1 fully saturated rings. The summed E-state index contributed by atoms with van der Waals surface area (Å²) in [5, 5.41) is 17.0. The van der Waals surface area contributed by atoms with Crippen molar-refractivity contribution in [3.05, 3.63) is 0 Å². The second-order valence-electron chi connectivity index (χ2n) is 4.03. The van der Waals surface area contributed by atoms with Gasteiger partial charge in [-0.3, -0.25) is 4.79 Å². The number of carbonyl (C=O) groups is 2. The van der Waals surface area contributed by atoms with Gasteiger partial charge in [-0.05, 0) is 26.2 Å². The lowest BCUT2D eigenvalue weighted by Gasteiger charge is -2.13. The van der Waals surface area contributed by atoms with E-state index in [1.165, 1.54) is 13.3 Å². The van der Waals surface area contributed by atoms with Crippen LogP contribution in [0.15, 0.2) is 0 Å². The third-order valence-corrected chi connectivity index (χ3v) is 2.56. The van der Waals surface area contributed by atoms with Crippen LogP contribution in [0.2, 0.25) is 0 Å². The molecule has 1 rings (SSSR count). The fourth-order valence-corrected chi connectivity index (χ4v) is 1.10. The van der Waals surface area contributed by atoms with Crippen molar-refractivity contribution in [2.24, 2.45) is 0 Å². The van der Waals surface area contributed by atoms with Crippen LogP contribution in [-0.2, 0) is 9.59 Å². The van der Waals surface area contributed by atoms with Crippen LogP contribution in [0, 0.1) is 0 Å². The SMILES string of the molecule is CCC(C)(O)C(=O)O.O=C1CCCCC1. The fourth-order valence-electron chi connectivity index (χ4n) is 1.10. The standard InChI is InChI=1S/C6H10O.C5H10O3/c7-6-4-2-1-3-5-6;1-3-5(2,8)4(6)7/h1-5H2;8H,3H2,1-2H3,(H,6,7). The molecule has 0 aromatic carbocycles. The maximum absolute atomic E-state index is 10.5. The Morgan fingerprint density at radius 1 is 1.33 bits per heavy atom. The molecular formula is C11H20O4. The van der Waals surface area contributed by atoms with Crippen molar-refractivity contribution >= 4 is 11.8 Å². The molecule has 0 bridgehead atoms.